The summed E-state index contributed by atoms with van der Waals surface area (Å²) in [4.78, 5) is 0. The third-order valence-electron chi connectivity index (χ3n) is 2.24. The third-order valence-corrected chi connectivity index (χ3v) is 2.64. The molecule has 0 aromatic heterocycles. The Hall–Kier alpha value is 0.100. The summed E-state index contributed by atoms with van der Waals surface area (Å²) in [5.74, 6) is 0. The van der Waals surface area contributed by atoms with E-state index in [4.69, 9.17) is 4.18 Å². The van der Waals surface area contributed by atoms with Crippen LogP contribution in [0.2, 0.25) is 0 Å². The van der Waals surface area contributed by atoms with Crippen molar-refractivity contribution in [1.29, 1.82) is 0 Å². The van der Waals surface area contributed by atoms with E-state index in [9.17, 15) is 13.2 Å². The number of rotatable bonds is 4. The largest absolute Gasteiger partial charge is 0.394 e. The van der Waals surface area contributed by atoms with Crippen molar-refractivity contribution in [3.8, 4) is 0 Å². The maximum Gasteiger partial charge on any atom is 0.394 e. The van der Waals surface area contributed by atoms with Crippen molar-refractivity contribution in [2.45, 2.75) is 25.4 Å². The van der Waals surface area contributed by atoms with Crippen LogP contribution < -0.4 is 0 Å². The van der Waals surface area contributed by atoms with Gasteiger partial charge in [0.15, 0.2) is 0 Å². The Balaban J connectivity index is 2.30. The molecule has 0 aliphatic heterocycles. The van der Waals surface area contributed by atoms with E-state index in [-0.39, 0.29) is 25.9 Å². The second-order valence-corrected chi connectivity index (χ2v) is 3.59. The minimum atomic E-state index is -4.03. The van der Waals surface area contributed by atoms with Crippen molar-refractivity contribution in [3.05, 3.63) is 0 Å². The Labute approximate surface area is 73.9 Å². The fraction of sp³-hybridized carbons (Fsp3) is 1.00. The maximum atomic E-state index is 12.3. The van der Waals surface area contributed by atoms with E-state index in [1.165, 1.54) is 0 Å². The molecule has 0 radical (unpaired) electrons. The van der Waals surface area contributed by atoms with E-state index in [2.05, 4.69) is 0 Å². The molecule has 0 spiro atoms. The lowest BCUT2D eigenvalue weighted by Gasteiger charge is -2.18. The first-order valence-electron chi connectivity index (χ1n) is 3.74. The fourth-order valence-electron chi connectivity index (χ4n) is 1.15. The summed E-state index contributed by atoms with van der Waals surface area (Å²) in [6.45, 7) is 0.195. The lowest BCUT2D eigenvalue weighted by atomic mass is 10.0. The molecule has 5 heteroatoms. The van der Waals surface area contributed by atoms with Gasteiger partial charge in [-0.1, -0.05) is 0 Å². The molecule has 1 aliphatic carbocycles. The van der Waals surface area contributed by atoms with Crippen LogP contribution in [-0.2, 0) is 4.18 Å². The van der Waals surface area contributed by atoms with Gasteiger partial charge in [-0.2, -0.15) is 13.2 Å². The van der Waals surface area contributed by atoms with Gasteiger partial charge in [0.1, 0.15) is 0 Å². The molecule has 0 heterocycles. The summed E-state index contributed by atoms with van der Waals surface area (Å²) in [6.07, 6.45) is -1.68. The monoisotopic (exact) mass is 200 g/mol. The van der Waals surface area contributed by atoms with Gasteiger partial charge >= 0.3 is 6.18 Å². The second kappa shape index (κ2) is 3.46. The average Bonchev–Trinajstić information content (AvgIpc) is 2.67. The van der Waals surface area contributed by atoms with Crippen LogP contribution in [0, 0.1) is 5.41 Å². The van der Waals surface area contributed by atoms with Crippen LogP contribution in [0.25, 0.3) is 0 Å². The minimum Gasteiger partial charge on any atom is -0.316 e. The van der Waals surface area contributed by atoms with Crippen LogP contribution in [0.1, 0.15) is 19.3 Å². The van der Waals surface area contributed by atoms with Crippen molar-refractivity contribution < 1.29 is 17.4 Å². The fourth-order valence-corrected chi connectivity index (χ4v) is 1.40. The molecule has 0 bridgehead atoms. The van der Waals surface area contributed by atoms with Gasteiger partial charge in [0.05, 0.1) is 12.0 Å². The lowest BCUT2D eigenvalue weighted by molar-refractivity contribution is -0.190. The van der Waals surface area contributed by atoms with Gasteiger partial charge in [0.25, 0.3) is 0 Å². The molecule has 72 valence electrons. The van der Waals surface area contributed by atoms with Crippen LogP contribution in [0.4, 0.5) is 13.2 Å². The zero-order chi connectivity index (χ0) is 9.24. The minimum absolute atomic E-state index is 0.108. The van der Waals surface area contributed by atoms with Crippen LogP contribution in [-0.4, -0.2) is 19.0 Å². The number of alkyl halides is 3. The summed E-state index contributed by atoms with van der Waals surface area (Å²) in [5, 5.41) is 0. The molecule has 0 unspecified atom stereocenters. The molecule has 12 heavy (non-hydrogen) atoms. The van der Waals surface area contributed by atoms with Gasteiger partial charge in [-0.3, -0.25) is 0 Å². The molecule has 0 amide bonds. The molecule has 0 saturated heterocycles. The summed E-state index contributed by atoms with van der Waals surface area (Å²) < 4.78 is 41.6. The summed E-state index contributed by atoms with van der Waals surface area (Å²) in [7, 11) is 0. The standard InChI is InChI=1S/C7H11F3OS/c1-12-11-5-4-6(2-3-6)7(8,9)10/h2-5H2,1H3. The SMILES string of the molecule is CSOCCC1(C(F)(F)F)CC1. The molecule has 0 aromatic carbocycles. The first-order chi connectivity index (χ1) is 5.52. The highest BCUT2D eigenvalue weighted by Gasteiger charge is 2.62. The quantitative estimate of drug-likeness (QED) is 0.509. The van der Waals surface area contributed by atoms with E-state index < -0.39 is 11.6 Å². The predicted molar refractivity (Wildman–Crippen MR) is 41.8 cm³/mol. The Bertz CT molecular complexity index is 153. The number of hydrogen-bond acceptors (Lipinski definition) is 2. The predicted octanol–water partition coefficient (Wildman–Crippen LogP) is 3.01. The zero-order valence-corrected chi connectivity index (χ0v) is 7.60. The van der Waals surface area contributed by atoms with Crippen molar-refractivity contribution in [2.24, 2.45) is 5.41 Å². The Morgan fingerprint density at radius 1 is 1.42 bits per heavy atom. The zero-order valence-electron chi connectivity index (χ0n) is 6.78. The Morgan fingerprint density at radius 3 is 2.33 bits per heavy atom. The van der Waals surface area contributed by atoms with Crippen molar-refractivity contribution in [3.63, 3.8) is 0 Å². The van der Waals surface area contributed by atoms with Crippen LogP contribution >= 0.6 is 12.0 Å². The molecule has 1 nitrogen and oxygen atoms in total. The molecule has 0 atom stereocenters. The smallest absolute Gasteiger partial charge is 0.316 e. The van der Waals surface area contributed by atoms with E-state index in [0.29, 0.717) is 0 Å². The van der Waals surface area contributed by atoms with Crippen LogP contribution in [0.5, 0.6) is 0 Å². The average molecular weight is 200 g/mol. The van der Waals surface area contributed by atoms with Gasteiger partial charge in [-0.25, -0.2) is 0 Å². The van der Waals surface area contributed by atoms with E-state index in [1.54, 1.807) is 6.26 Å². The van der Waals surface area contributed by atoms with Gasteiger partial charge < -0.3 is 4.18 Å². The third kappa shape index (κ3) is 2.07. The van der Waals surface area contributed by atoms with Gasteiger partial charge in [-0.15, -0.1) is 0 Å². The lowest BCUT2D eigenvalue weighted by Crippen LogP contribution is -2.25. The highest BCUT2D eigenvalue weighted by Crippen LogP contribution is 2.59. The Morgan fingerprint density at radius 2 is 2.00 bits per heavy atom. The van der Waals surface area contributed by atoms with Gasteiger partial charge in [0, 0.05) is 6.26 Å². The molecule has 0 aromatic rings. The molecule has 1 rings (SSSR count). The van der Waals surface area contributed by atoms with Crippen molar-refractivity contribution in [1.82, 2.24) is 0 Å². The molecule has 1 saturated carbocycles. The molecular weight excluding hydrogens is 189 g/mol. The molecule has 1 aliphatic rings. The van der Waals surface area contributed by atoms with Gasteiger partial charge in [0.2, 0.25) is 0 Å². The normalized spacial score (nSPS) is 21.0. The topological polar surface area (TPSA) is 9.23 Å². The molecule has 0 N–H and O–H groups in total. The highest BCUT2D eigenvalue weighted by atomic mass is 32.2. The van der Waals surface area contributed by atoms with Crippen LogP contribution in [0.15, 0.2) is 0 Å². The highest BCUT2D eigenvalue weighted by molar-refractivity contribution is 7.93. The Kier molecular flexibility index (Phi) is 2.93. The van der Waals surface area contributed by atoms with Crippen LogP contribution in [0.3, 0.4) is 0 Å². The van der Waals surface area contributed by atoms with Gasteiger partial charge in [-0.05, 0) is 31.3 Å². The second-order valence-electron chi connectivity index (χ2n) is 3.02. The summed E-state index contributed by atoms with van der Waals surface area (Å²) >= 11 is 1.11. The van der Waals surface area contributed by atoms with Crippen molar-refractivity contribution in [2.75, 3.05) is 12.9 Å². The van der Waals surface area contributed by atoms with E-state index in [1.807, 2.05) is 0 Å². The molecular formula is C7H11F3OS. The summed E-state index contributed by atoms with van der Waals surface area (Å²) in [6, 6.07) is 0. The van der Waals surface area contributed by atoms with E-state index >= 15 is 0 Å². The number of hydrogen-bond donors (Lipinski definition) is 0. The maximum absolute atomic E-state index is 12.3. The van der Waals surface area contributed by atoms with Crippen molar-refractivity contribution >= 4 is 12.0 Å². The first kappa shape index (κ1) is 10.2. The summed E-state index contributed by atoms with van der Waals surface area (Å²) in [5.41, 5.74) is -1.40. The van der Waals surface area contributed by atoms with E-state index in [0.717, 1.165) is 12.0 Å². The number of halogens is 3. The molecule has 1 fully saturated rings. The first-order valence-corrected chi connectivity index (χ1v) is 4.89.